The molecule has 9 nitrogen and oxygen atoms in total. The van der Waals surface area contributed by atoms with E-state index in [9.17, 15) is 4.79 Å². The second-order valence-electron chi connectivity index (χ2n) is 10.5. The van der Waals surface area contributed by atoms with Crippen molar-refractivity contribution in [3.63, 3.8) is 0 Å². The highest BCUT2D eigenvalue weighted by Gasteiger charge is 2.28. The van der Waals surface area contributed by atoms with Gasteiger partial charge >= 0.3 is 6.01 Å². The topological polar surface area (TPSA) is 92.7 Å². The molecule has 2 aromatic heterocycles. The molecule has 3 aromatic rings. The summed E-state index contributed by atoms with van der Waals surface area (Å²) in [7, 11) is 3.22. The molecule has 1 aromatic carbocycles. The van der Waals surface area contributed by atoms with E-state index in [-0.39, 0.29) is 11.9 Å². The fraction of sp³-hybridized carbons (Fsp3) is 0.484. The maximum Gasteiger partial charge on any atom is 0.316 e. The molecule has 0 aliphatic carbocycles. The Morgan fingerprint density at radius 1 is 1.05 bits per heavy atom. The van der Waals surface area contributed by atoms with Gasteiger partial charge in [-0.05, 0) is 88.4 Å². The molecule has 40 heavy (non-hydrogen) atoms. The highest BCUT2D eigenvalue weighted by atomic mass is 16.5. The summed E-state index contributed by atoms with van der Waals surface area (Å²) in [6.07, 6.45) is 6.86. The average Bonchev–Trinajstić information content (AvgIpc) is 2.96. The van der Waals surface area contributed by atoms with Crippen molar-refractivity contribution in [2.24, 2.45) is 0 Å². The minimum atomic E-state index is -0.135. The zero-order chi connectivity index (χ0) is 28.6. The number of carbonyl (C=O) groups is 1. The predicted molar refractivity (Wildman–Crippen MR) is 157 cm³/mol. The number of hydrogen-bond acceptors (Lipinski definition) is 8. The van der Waals surface area contributed by atoms with E-state index in [1.54, 1.807) is 7.11 Å². The van der Waals surface area contributed by atoms with Crippen molar-refractivity contribution in [1.29, 1.82) is 0 Å². The molecule has 0 saturated carbocycles. The van der Waals surface area contributed by atoms with Gasteiger partial charge in [0.25, 0.3) is 5.91 Å². The fourth-order valence-electron chi connectivity index (χ4n) is 5.46. The number of nitrogens with one attached hydrogen (secondary N) is 1. The number of aromatic nitrogens is 3. The van der Waals surface area contributed by atoms with Crippen LogP contribution in [0, 0.1) is 20.8 Å². The summed E-state index contributed by atoms with van der Waals surface area (Å²) in [5.74, 6) is 0.728. The van der Waals surface area contributed by atoms with Gasteiger partial charge in [0.15, 0.2) is 0 Å². The number of rotatable bonds is 11. The zero-order valence-corrected chi connectivity index (χ0v) is 24.6. The van der Waals surface area contributed by atoms with Gasteiger partial charge in [0.05, 0.1) is 31.2 Å². The number of amides is 1. The van der Waals surface area contributed by atoms with Gasteiger partial charge in [-0.2, -0.15) is 9.97 Å². The first-order valence-corrected chi connectivity index (χ1v) is 14.0. The molecule has 1 aliphatic rings. The third kappa shape index (κ3) is 7.07. The molecule has 9 heteroatoms. The first-order chi connectivity index (χ1) is 19.3. The van der Waals surface area contributed by atoms with E-state index in [2.05, 4.69) is 62.1 Å². The predicted octanol–water partition coefficient (Wildman–Crippen LogP) is 4.49. The lowest BCUT2D eigenvalue weighted by molar-refractivity contribution is 0.0942. The van der Waals surface area contributed by atoms with Gasteiger partial charge in [-0.3, -0.25) is 9.78 Å². The van der Waals surface area contributed by atoms with Crippen molar-refractivity contribution in [2.45, 2.75) is 65.6 Å². The summed E-state index contributed by atoms with van der Waals surface area (Å²) < 4.78 is 10.5. The van der Waals surface area contributed by atoms with Crippen molar-refractivity contribution < 1.29 is 14.3 Å². The highest BCUT2D eigenvalue weighted by molar-refractivity contribution is 5.96. The molecule has 4 rings (SSSR count). The standard InChI is InChI=1S/C31H42N6O3/c1-21-11-15-32-19-25(21)20-37(26-7-9-28(39-5)10-8-26)27-13-17-36(18-14-27)22(2)12-16-33-30(38)29-23(3)34-31(40-6)35-24(29)4/h7-11,15,19,22,27H,12-14,16-18,20H2,1-6H3,(H,33,38)/t22-/m1/s1. The van der Waals surface area contributed by atoms with Crippen LogP contribution in [0.15, 0.2) is 42.7 Å². The number of nitrogens with zero attached hydrogens (tertiary/aromatic N) is 5. The van der Waals surface area contributed by atoms with Gasteiger partial charge in [-0.25, -0.2) is 0 Å². The van der Waals surface area contributed by atoms with Crippen LogP contribution in [-0.2, 0) is 6.54 Å². The van der Waals surface area contributed by atoms with E-state index >= 15 is 0 Å². The SMILES string of the molecule is COc1ccc(N(Cc2cnccc2C)C2CCN([C@H](C)CCNC(=O)c3c(C)nc(OC)nc3C)CC2)cc1. The van der Waals surface area contributed by atoms with Gasteiger partial charge in [0.1, 0.15) is 5.75 Å². The second kappa shape index (κ2) is 13.6. The molecule has 1 atom stereocenters. The van der Waals surface area contributed by atoms with Crippen molar-refractivity contribution >= 4 is 11.6 Å². The Kier molecular flexibility index (Phi) is 9.93. The summed E-state index contributed by atoms with van der Waals surface area (Å²) in [5.41, 5.74) is 5.48. The zero-order valence-electron chi connectivity index (χ0n) is 24.6. The highest BCUT2D eigenvalue weighted by Crippen LogP contribution is 2.29. The summed E-state index contributed by atoms with van der Waals surface area (Å²) in [5, 5.41) is 3.07. The Morgan fingerprint density at radius 3 is 2.33 bits per heavy atom. The summed E-state index contributed by atoms with van der Waals surface area (Å²) in [6.45, 7) is 11.5. The molecule has 1 fully saturated rings. The second-order valence-corrected chi connectivity index (χ2v) is 10.5. The lowest BCUT2D eigenvalue weighted by Crippen LogP contribution is -2.48. The fourth-order valence-corrected chi connectivity index (χ4v) is 5.46. The summed E-state index contributed by atoms with van der Waals surface area (Å²) in [6, 6.07) is 11.5. The Balaban J connectivity index is 1.34. The molecule has 0 unspecified atom stereocenters. The number of aryl methyl sites for hydroxylation is 3. The Morgan fingerprint density at radius 2 is 1.73 bits per heavy atom. The Hall–Kier alpha value is -3.72. The molecule has 0 bridgehead atoms. The van der Waals surface area contributed by atoms with Gasteiger partial charge in [0.2, 0.25) is 0 Å². The monoisotopic (exact) mass is 546 g/mol. The van der Waals surface area contributed by atoms with Gasteiger partial charge < -0.3 is 24.6 Å². The molecule has 1 aliphatic heterocycles. The largest absolute Gasteiger partial charge is 0.497 e. The number of benzene rings is 1. The maximum absolute atomic E-state index is 12.8. The lowest BCUT2D eigenvalue weighted by atomic mass is 9.99. The van der Waals surface area contributed by atoms with Gasteiger partial charge in [-0.15, -0.1) is 0 Å². The summed E-state index contributed by atoms with van der Waals surface area (Å²) >= 11 is 0. The van der Waals surface area contributed by atoms with Crippen molar-refractivity contribution in [3.05, 3.63) is 70.8 Å². The molecule has 0 spiro atoms. The first kappa shape index (κ1) is 29.3. The molecule has 1 N–H and O–H groups in total. The molecule has 214 valence electrons. The number of pyridine rings is 1. The minimum absolute atomic E-state index is 0.135. The average molecular weight is 547 g/mol. The van der Waals surface area contributed by atoms with Crippen molar-refractivity contribution in [2.75, 3.05) is 38.8 Å². The third-order valence-corrected chi connectivity index (χ3v) is 7.96. The molecular weight excluding hydrogens is 504 g/mol. The van der Waals surface area contributed by atoms with Crippen LogP contribution in [0.3, 0.4) is 0 Å². The number of piperidine rings is 1. The molecular formula is C31H42N6O3. The summed E-state index contributed by atoms with van der Waals surface area (Å²) in [4.78, 5) is 30.8. The maximum atomic E-state index is 12.8. The van der Waals surface area contributed by atoms with Crippen LogP contribution in [0.2, 0.25) is 0 Å². The van der Waals surface area contributed by atoms with Gasteiger partial charge in [-0.1, -0.05) is 0 Å². The minimum Gasteiger partial charge on any atom is -0.497 e. The van der Waals surface area contributed by atoms with Crippen LogP contribution in [0.25, 0.3) is 0 Å². The van der Waals surface area contributed by atoms with E-state index in [0.29, 0.717) is 35.6 Å². The molecule has 3 heterocycles. The first-order valence-electron chi connectivity index (χ1n) is 14.0. The Bertz CT molecular complexity index is 1250. The van der Waals surface area contributed by atoms with E-state index in [1.165, 1.54) is 23.9 Å². The molecule has 1 amide bonds. The van der Waals surface area contributed by atoms with Crippen LogP contribution >= 0.6 is 0 Å². The smallest absolute Gasteiger partial charge is 0.316 e. The Labute approximate surface area is 237 Å². The van der Waals surface area contributed by atoms with Crippen LogP contribution in [0.5, 0.6) is 11.8 Å². The lowest BCUT2D eigenvalue weighted by Gasteiger charge is -2.42. The number of carbonyl (C=O) groups excluding carboxylic acids is 1. The number of methoxy groups -OCH3 is 2. The van der Waals surface area contributed by atoms with E-state index in [1.807, 2.05) is 38.4 Å². The molecule has 1 saturated heterocycles. The van der Waals surface area contributed by atoms with E-state index in [0.717, 1.165) is 44.6 Å². The van der Waals surface area contributed by atoms with Crippen LogP contribution in [-0.4, -0.2) is 71.7 Å². The van der Waals surface area contributed by atoms with E-state index < -0.39 is 0 Å². The number of likely N-dealkylation sites (tertiary alicyclic amines) is 1. The van der Waals surface area contributed by atoms with Crippen molar-refractivity contribution in [3.8, 4) is 11.8 Å². The van der Waals surface area contributed by atoms with E-state index in [4.69, 9.17) is 9.47 Å². The van der Waals surface area contributed by atoms with Crippen LogP contribution in [0.1, 0.15) is 59.1 Å². The van der Waals surface area contributed by atoms with Gasteiger partial charge in [0, 0.05) is 56.3 Å². The quantitative estimate of drug-likeness (QED) is 0.376. The number of hydrogen-bond donors (Lipinski definition) is 1. The van der Waals surface area contributed by atoms with Crippen molar-refractivity contribution in [1.82, 2.24) is 25.2 Å². The normalized spacial score (nSPS) is 14.9. The van der Waals surface area contributed by atoms with Crippen LogP contribution < -0.4 is 19.7 Å². The number of anilines is 1. The number of ether oxygens (including phenoxy) is 2. The molecule has 0 radical (unpaired) electrons. The van der Waals surface area contributed by atoms with Crippen LogP contribution in [0.4, 0.5) is 5.69 Å². The third-order valence-electron chi connectivity index (χ3n) is 7.96.